The zero-order chi connectivity index (χ0) is 19.3. The van der Waals surface area contributed by atoms with Crippen LogP contribution in [0.2, 0.25) is 5.02 Å². The summed E-state index contributed by atoms with van der Waals surface area (Å²) in [5.41, 5.74) is 1.77. The lowest BCUT2D eigenvalue weighted by Gasteiger charge is -2.02. The number of hydrogen-bond donors (Lipinski definition) is 1. The van der Waals surface area contributed by atoms with Gasteiger partial charge in [0.05, 0.1) is 6.54 Å². The van der Waals surface area contributed by atoms with Gasteiger partial charge in [-0.05, 0) is 41.6 Å². The van der Waals surface area contributed by atoms with Crippen molar-refractivity contribution in [2.24, 2.45) is 0 Å². The van der Waals surface area contributed by atoms with E-state index in [-0.39, 0.29) is 19.0 Å². The monoisotopic (exact) mass is 393 g/mol. The Morgan fingerprint density at radius 3 is 2.57 bits per heavy atom. The fourth-order valence-corrected chi connectivity index (χ4v) is 2.75. The number of rotatable bonds is 6. The second-order valence-electron chi connectivity index (χ2n) is 6.06. The lowest BCUT2D eigenvalue weighted by atomic mass is 10.2. The molecule has 0 spiro atoms. The molecule has 4 rings (SSSR count). The number of carbonyl (C=O) groups is 1. The van der Waals surface area contributed by atoms with Gasteiger partial charge in [0.15, 0.2) is 0 Å². The molecule has 7 nitrogen and oxygen atoms in total. The predicted octanol–water partition coefficient (Wildman–Crippen LogP) is 3.57. The Morgan fingerprint density at radius 1 is 1.00 bits per heavy atom. The van der Waals surface area contributed by atoms with Gasteiger partial charge in [0.2, 0.25) is 11.7 Å². The molecule has 0 unspecified atom stereocenters. The Labute approximate surface area is 165 Å². The third-order valence-corrected chi connectivity index (χ3v) is 4.27. The molecule has 4 aromatic rings. The summed E-state index contributed by atoms with van der Waals surface area (Å²) in [7, 11) is 0. The first-order valence-corrected chi connectivity index (χ1v) is 9.00. The van der Waals surface area contributed by atoms with Crippen LogP contribution in [-0.2, 0) is 17.9 Å². The summed E-state index contributed by atoms with van der Waals surface area (Å²) in [5.74, 6) is 1.61. The fourth-order valence-electron chi connectivity index (χ4n) is 2.63. The first kappa shape index (κ1) is 17.9. The van der Waals surface area contributed by atoms with Crippen LogP contribution in [0.25, 0.3) is 22.7 Å². The van der Waals surface area contributed by atoms with Crippen molar-refractivity contribution in [2.75, 3.05) is 0 Å². The van der Waals surface area contributed by atoms with Crippen LogP contribution in [0.3, 0.4) is 0 Å². The third-order valence-electron chi connectivity index (χ3n) is 4.02. The maximum atomic E-state index is 12.1. The molecular formula is C20H16ClN5O2. The smallest absolute Gasteiger partial charge is 0.244 e. The SMILES string of the molecule is O=C(Cn1nnc(-c2ccccc2)n1)NCc1ccc(-c2ccc(Cl)cc2)o1. The highest BCUT2D eigenvalue weighted by Gasteiger charge is 2.10. The number of aromatic nitrogens is 4. The van der Waals surface area contributed by atoms with Gasteiger partial charge in [0.1, 0.15) is 18.1 Å². The van der Waals surface area contributed by atoms with Gasteiger partial charge in [-0.2, -0.15) is 4.80 Å². The van der Waals surface area contributed by atoms with Crippen molar-refractivity contribution in [1.29, 1.82) is 0 Å². The third kappa shape index (κ3) is 4.27. The van der Waals surface area contributed by atoms with E-state index in [4.69, 9.17) is 16.0 Å². The zero-order valence-corrected chi connectivity index (χ0v) is 15.5. The van der Waals surface area contributed by atoms with E-state index < -0.39 is 0 Å². The summed E-state index contributed by atoms with van der Waals surface area (Å²) in [4.78, 5) is 13.4. The maximum Gasteiger partial charge on any atom is 0.244 e. The van der Waals surface area contributed by atoms with Gasteiger partial charge in [-0.15, -0.1) is 10.2 Å². The Hall–Kier alpha value is -3.45. The van der Waals surface area contributed by atoms with E-state index in [2.05, 4.69) is 20.7 Å². The number of benzene rings is 2. The van der Waals surface area contributed by atoms with Crippen LogP contribution in [0.1, 0.15) is 5.76 Å². The summed E-state index contributed by atoms with van der Waals surface area (Å²) in [6, 6.07) is 20.5. The highest BCUT2D eigenvalue weighted by Crippen LogP contribution is 2.23. The van der Waals surface area contributed by atoms with Gasteiger partial charge in [-0.3, -0.25) is 4.79 Å². The molecule has 1 amide bonds. The zero-order valence-electron chi connectivity index (χ0n) is 14.7. The second-order valence-corrected chi connectivity index (χ2v) is 6.50. The maximum absolute atomic E-state index is 12.1. The topological polar surface area (TPSA) is 85.8 Å². The van der Waals surface area contributed by atoms with Gasteiger partial charge in [-0.1, -0.05) is 41.9 Å². The summed E-state index contributed by atoms with van der Waals surface area (Å²) in [5, 5.41) is 15.6. The van der Waals surface area contributed by atoms with Crippen LogP contribution < -0.4 is 5.32 Å². The lowest BCUT2D eigenvalue weighted by molar-refractivity contribution is -0.122. The van der Waals surface area contributed by atoms with E-state index in [1.165, 1.54) is 4.80 Å². The first-order valence-electron chi connectivity index (χ1n) is 8.62. The second kappa shape index (κ2) is 8.06. The molecule has 0 radical (unpaired) electrons. The molecule has 0 saturated heterocycles. The lowest BCUT2D eigenvalue weighted by Crippen LogP contribution is -2.27. The average molecular weight is 394 g/mol. The molecule has 28 heavy (non-hydrogen) atoms. The molecular weight excluding hydrogens is 378 g/mol. The van der Waals surface area contributed by atoms with E-state index in [0.29, 0.717) is 22.4 Å². The quantitative estimate of drug-likeness (QED) is 0.541. The van der Waals surface area contributed by atoms with Crippen LogP contribution in [0.5, 0.6) is 0 Å². The number of tetrazole rings is 1. The Balaban J connectivity index is 1.33. The van der Waals surface area contributed by atoms with Crippen molar-refractivity contribution in [3.8, 4) is 22.7 Å². The molecule has 2 heterocycles. The molecule has 0 fully saturated rings. The van der Waals surface area contributed by atoms with E-state index >= 15 is 0 Å². The Morgan fingerprint density at radius 2 is 1.79 bits per heavy atom. The van der Waals surface area contributed by atoms with Crippen molar-refractivity contribution in [2.45, 2.75) is 13.1 Å². The number of nitrogens with zero attached hydrogens (tertiary/aromatic N) is 4. The minimum atomic E-state index is -0.235. The fraction of sp³-hybridized carbons (Fsp3) is 0.100. The molecule has 0 aliphatic rings. The van der Waals surface area contributed by atoms with Gasteiger partial charge < -0.3 is 9.73 Å². The van der Waals surface area contributed by atoms with Crippen LogP contribution in [0.15, 0.2) is 71.1 Å². The van der Waals surface area contributed by atoms with Crippen LogP contribution >= 0.6 is 11.6 Å². The van der Waals surface area contributed by atoms with Gasteiger partial charge in [-0.25, -0.2) is 0 Å². The van der Waals surface area contributed by atoms with Crippen LogP contribution in [0.4, 0.5) is 0 Å². The summed E-state index contributed by atoms with van der Waals surface area (Å²) < 4.78 is 5.76. The molecule has 2 aromatic heterocycles. The predicted molar refractivity (Wildman–Crippen MR) is 104 cm³/mol. The molecule has 0 aliphatic carbocycles. The minimum absolute atomic E-state index is 0.0232. The van der Waals surface area contributed by atoms with Crippen LogP contribution in [0, 0.1) is 0 Å². The van der Waals surface area contributed by atoms with E-state index in [1.807, 2.05) is 54.6 Å². The number of hydrogen-bond acceptors (Lipinski definition) is 5. The number of nitrogens with one attached hydrogen (secondary N) is 1. The molecule has 2 aromatic carbocycles. The summed E-state index contributed by atoms with van der Waals surface area (Å²) >= 11 is 5.90. The standard InChI is InChI=1S/C20H16ClN5O2/c21-16-8-6-14(7-9-16)18-11-10-17(28-18)12-22-19(27)13-26-24-20(23-25-26)15-4-2-1-3-5-15/h1-11H,12-13H2,(H,22,27). The number of halogens is 1. The number of furan rings is 1. The first-order chi connectivity index (χ1) is 13.7. The van der Waals surface area contributed by atoms with E-state index in [9.17, 15) is 4.79 Å². The van der Waals surface area contributed by atoms with Crippen molar-refractivity contribution in [3.05, 3.63) is 77.5 Å². The average Bonchev–Trinajstić information content (AvgIpc) is 3.37. The largest absolute Gasteiger partial charge is 0.459 e. The molecule has 0 atom stereocenters. The molecule has 0 bridgehead atoms. The van der Waals surface area contributed by atoms with Crippen molar-refractivity contribution < 1.29 is 9.21 Å². The summed E-state index contributed by atoms with van der Waals surface area (Å²) in [6.45, 7) is 0.247. The minimum Gasteiger partial charge on any atom is -0.459 e. The van der Waals surface area contributed by atoms with Gasteiger partial charge in [0, 0.05) is 16.1 Å². The van der Waals surface area contributed by atoms with Crippen molar-refractivity contribution in [1.82, 2.24) is 25.5 Å². The molecule has 0 saturated carbocycles. The van der Waals surface area contributed by atoms with Crippen molar-refractivity contribution >= 4 is 17.5 Å². The normalized spacial score (nSPS) is 10.8. The molecule has 8 heteroatoms. The Bertz CT molecular complexity index is 1070. The summed E-state index contributed by atoms with van der Waals surface area (Å²) in [6.07, 6.45) is 0. The number of amides is 1. The van der Waals surface area contributed by atoms with E-state index in [1.54, 1.807) is 12.1 Å². The highest BCUT2D eigenvalue weighted by molar-refractivity contribution is 6.30. The van der Waals surface area contributed by atoms with E-state index in [0.717, 1.165) is 11.1 Å². The van der Waals surface area contributed by atoms with Crippen molar-refractivity contribution in [3.63, 3.8) is 0 Å². The molecule has 1 N–H and O–H groups in total. The molecule has 0 aliphatic heterocycles. The highest BCUT2D eigenvalue weighted by atomic mass is 35.5. The Kier molecular flexibility index (Phi) is 5.16. The van der Waals surface area contributed by atoms with Gasteiger partial charge >= 0.3 is 0 Å². The number of carbonyl (C=O) groups excluding carboxylic acids is 1. The van der Waals surface area contributed by atoms with Crippen LogP contribution in [-0.4, -0.2) is 26.1 Å². The molecule has 140 valence electrons. The van der Waals surface area contributed by atoms with Gasteiger partial charge in [0.25, 0.3) is 0 Å².